The van der Waals surface area contributed by atoms with Crippen molar-refractivity contribution in [3.63, 3.8) is 0 Å². The van der Waals surface area contributed by atoms with Gasteiger partial charge in [0.2, 0.25) is 5.91 Å². The second-order valence-electron chi connectivity index (χ2n) is 3.46. The van der Waals surface area contributed by atoms with Crippen LogP contribution in [0.3, 0.4) is 0 Å². The van der Waals surface area contributed by atoms with Crippen LogP contribution in [0.2, 0.25) is 0 Å². The van der Waals surface area contributed by atoms with Gasteiger partial charge in [-0.2, -0.15) is 8.78 Å². The zero-order valence-corrected chi connectivity index (χ0v) is 9.34. The Labute approximate surface area is 93.1 Å². The standard InChI is InChI=1S/C8H14F2N2O2.ClH/c1-4(11)7(13)12-3-6(5(12)2)14-8(9)10;/h4-6,8H,3,11H2,1-2H3;1H/t4-,5+,6+;/m1./s1. The van der Waals surface area contributed by atoms with Crippen LogP contribution >= 0.6 is 12.4 Å². The molecule has 1 aliphatic heterocycles. The minimum atomic E-state index is -2.78. The van der Waals surface area contributed by atoms with Crippen molar-refractivity contribution in [3.8, 4) is 0 Å². The minimum Gasteiger partial charge on any atom is -0.333 e. The van der Waals surface area contributed by atoms with Crippen molar-refractivity contribution in [2.45, 2.75) is 38.6 Å². The fourth-order valence-corrected chi connectivity index (χ4v) is 1.42. The molecule has 0 aromatic heterocycles. The van der Waals surface area contributed by atoms with Crippen molar-refractivity contribution < 1.29 is 18.3 Å². The van der Waals surface area contributed by atoms with E-state index in [2.05, 4.69) is 4.74 Å². The molecule has 1 saturated heterocycles. The van der Waals surface area contributed by atoms with Crippen LogP contribution in [-0.4, -0.2) is 42.2 Å². The number of hydrogen-bond acceptors (Lipinski definition) is 3. The van der Waals surface area contributed by atoms with E-state index in [-0.39, 0.29) is 30.9 Å². The molecule has 1 heterocycles. The number of amides is 1. The summed E-state index contributed by atoms with van der Waals surface area (Å²) < 4.78 is 27.9. The Morgan fingerprint density at radius 2 is 2.13 bits per heavy atom. The maximum Gasteiger partial charge on any atom is 0.345 e. The molecule has 4 nitrogen and oxygen atoms in total. The van der Waals surface area contributed by atoms with E-state index in [1.54, 1.807) is 13.8 Å². The molecule has 3 atom stereocenters. The molecule has 1 fully saturated rings. The van der Waals surface area contributed by atoms with E-state index in [9.17, 15) is 13.6 Å². The van der Waals surface area contributed by atoms with Crippen LogP contribution in [0.4, 0.5) is 8.78 Å². The number of likely N-dealkylation sites (tertiary alicyclic amines) is 1. The number of rotatable bonds is 3. The molecule has 0 bridgehead atoms. The Morgan fingerprint density at radius 1 is 1.60 bits per heavy atom. The average Bonchev–Trinajstić information content (AvgIpc) is 2.09. The second kappa shape index (κ2) is 5.58. The molecule has 0 spiro atoms. The fraction of sp³-hybridized carbons (Fsp3) is 0.875. The molecule has 0 saturated carbocycles. The summed E-state index contributed by atoms with van der Waals surface area (Å²) in [5, 5.41) is 0. The predicted molar refractivity (Wildman–Crippen MR) is 52.9 cm³/mol. The van der Waals surface area contributed by atoms with Crippen LogP contribution in [0.1, 0.15) is 13.8 Å². The quantitative estimate of drug-likeness (QED) is 0.791. The van der Waals surface area contributed by atoms with Crippen LogP contribution < -0.4 is 5.73 Å². The van der Waals surface area contributed by atoms with E-state index in [0.717, 1.165) is 0 Å². The van der Waals surface area contributed by atoms with Gasteiger partial charge in [-0.15, -0.1) is 12.4 Å². The summed E-state index contributed by atoms with van der Waals surface area (Å²) in [4.78, 5) is 12.8. The highest BCUT2D eigenvalue weighted by Crippen LogP contribution is 2.23. The molecule has 1 amide bonds. The highest BCUT2D eigenvalue weighted by molar-refractivity contribution is 5.85. The lowest BCUT2D eigenvalue weighted by Gasteiger charge is -2.46. The molecule has 1 aliphatic rings. The van der Waals surface area contributed by atoms with E-state index in [1.165, 1.54) is 4.90 Å². The number of nitrogens with zero attached hydrogens (tertiary/aromatic N) is 1. The Bertz CT molecular complexity index is 229. The van der Waals surface area contributed by atoms with Crippen molar-refractivity contribution in [1.82, 2.24) is 4.90 Å². The smallest absolute Gasteiger partial charge is 0.333 e. The van der Waals surface area contributed by atoms with Gasteiger partial charge in [-0.25, -0.2) is 0 Å². The van der Waals surface area contributed by atoms with Crippen molar-refractivity contribution in [3.05, 3.63) is 0 Å². The van der Waals surface area contributed by atoms with E-state index < -0.39 is 18.8 Å². The molecule has 1 rings (SSSR count). The fourth-order valence-electron chi connectivity index (χ4n) is 1.42. The third kappa shape index (κ3) is 3.25. The SMILES string of the molecule is C[C@@H](N)C(=O)N1C[C@H](OC(F)F)[C@@H]1C.Cl. The molecule has 90 valence electrons. The van der Waals surface area contributed by atoms with Gasteiger partial charge in [0.15, 0.2) is 0 Å². The van der Waals surface area contributed by atoms with E-state index in [0.29, 0.717) is 0 Å². The lowest BCUT2D eigenvalue weighted by molar-refractivity contribution is -0.215. The topological polar surface area (TPSA) is 55.6 Å². The van der Waals surface area contributed by atoms with E-state index >= 15 is 0 Å². The highest BCUT2D eigenvalue weighted by atomic mass is 35.5. The summed E-state index contributed by atoms with van der Waals surface area (Å²) in [5.41, 5.74) is 5.38. The first-order chi connectivity index (χ1) is 6.43. The van der Waals surface area contributed by atoms with Crippen LogP contribution in [0.15, 0.2) is 0 Å². The molecule has 0 aromatic rings. The molecular weight excluding hydrogens is 230 g/mol. The van der Waals surface area contributed by atoms with Crippen molar-refractivity contribution in [1.29, 1.82) is 0 Å². The Hall–Kier alpha value is -0.460. The van der Waals surface area contributed by atoms with Crippen LogP contribution in [0.25, 0.3) is 0 Å². The largest absolute Gasteiger partial charge is 0.345 e. The van der Waals surface area contributed by atoms with Gasteiger partial charge in [-0.1, -0.05) is 0 Å². The molecule has 2 N–H and O–H groups in total. The maximum absolute atomic E-state index is 11.8. The van der Waals surface area contributed by atoms with Gasteiger partial charge in [0.25, 0.3) is 0 Å². The molecule has 0 radical (unpaired) electrons. The second-order valence-corrected chi connectivity index (χ2v) is 3.46. The van der Waals surface area contributed by atoms with Gasteiger partial charge in [0, 0.05) is 6.54 Å². The van der Waals surface area contributed by atoms with E-state index in [1.807, 2.05) is 0 Å². The first-order valence-electron chi connectivity index (χ1n) is 4.43. The number of nitrogens with two attached hydrogens (primary N) is 1. The third-order valence-corrected chi connectivity index (χ3v) is 2.36. The summed E-state index contributed by atoms with van der Waals surface area (Å²) in [6.45, 7) is 0.647. The van der Waals surface area contributed by atoms with Crippen molar-refractivity contribution >= 4 is 18.3 Å². The Kier molecular flexibility index (Phi) is 5.41. The summed E-state index contributed by atoms with van der Waals surface area (Å²) in [6.07, 6.45) is -0.572. The highest BCUT2D eigenvalue weighted by Gasteiger charge is 2.41. The summed E-state index contributed by atoms with van der Waals surface area (Å²) in [6, 6.07) is -0.910. The number of alkyl halides is 2. The first-order valence-corrected chi connectivity index (χ1v) is 4.43. The van der Waals surface area contributed by atoms with Crippen molar-refractivity contribution in [2.24, 2.45) is 5.73 Å². The zero-order valence-electron chi connectivity index (χ0n) is 8.52. The van der Waals surface area contributed by atoms with Gasteiger partial charge < -0.3 is 15.4 Å². The molecular formula is C8H15ClF2N2O2. The van der Waals surface area contributed by atoms with Gasteiger partial charge in [0.05, 0.1) is 12.1 Å². The number of halogens is 3. The maximum atomic E-state index is 11.8. The third-order valence-electron chi connectivity index (χ3n) is 2.36. The summed E-state index contributed by atoms with van der Waals surface area (Å²) in [5.74, 6) is -0.230. The van der Waals surface area contributed by atoms with Crippen LogP contribution in [0.5, 0.6) is 0 Å². The number of ether oxygens (including phenoxy) is 1. The molecule has 0 aliphatic carbocycles. The predicted octanol–water partition coefficient (Wildman–Crippen LogP) is 0.594. The van der Waals surface area contributed by atoms with Gasteiger partial charge >= 0.3 is 6.61 Å². The minimum absolute atomic E-state index is 0. The van der Waals surface area contributed by atoms with Crippen LogP contribution in [0, 0.1) is 0 Å². The molecule has 0 unspecified atom stereocenters. The number of hydrogen-bond donors (Lipinski definition) is 1. The summed E-state index contributed by atoms with van der Waals surface area (Å²) in [7, 11) is 0. The summed E-state index contributed by atoms with van der Waals surface area (Å²) >= 11 is 0. The van der Waals surface area contributed by atoms with Gasteiger partial charge in [0.1, 0.15) is 6.10 Å². The molecule has 7 heteroatoms. The monoisotopic (exact) mass is 244 g/mol. The van der Waals surface area contributed by atoms with E-state index in [4.69, 9.17) is 5.73 Å². The lowest BCUT2D eigenvalue weighted by Crippen LogP contribution is -2.64. The Morgan fingerprint density at radius 3 is 2.47 bits per heavy atom. The number of carbonyl (C=O) groups excluding carboxylic acids is 1. The van der Waals surface area contributed by atoms with Gasteiger partial charge in [-0.05, 0) is 13.8 Å². The first kappa shape index (κ1) is 14.5. The zero-order chi connectivity index (χ0) is 10.9. The average molecular weight is 245 g/mol. The van der Waals surface area contributed by atoms with Gasteiger partial charge in [-0.3, -0.25) is 4.79 Å². The van der Waals surface area contributed by atoms with Crippen LogP contribution in [-0.2, 0) is 9.53 Å². The Balaban J connectivity index is 0.00000196. The molecule has 0 aromatic carbocycles. The molecule has 15 heavy (non-hydrogen) atoms. The van der Waals surface area contributed by atoms with Crippen molar-refractivity contribution in [2.75, 3.05) is 6.54 Å². The lowest BCUT2D eigenvalue weighted by atomic mass is 10.00. The normalized spacial score (nSPS) is 26.9. The number of carbonyl (C=O) groups is 1.